The van der Waals surface area contributed by atoms with E-state index in [4.69, 9.17) is 0 Å². The molecule has 15 heavy (non-hydrogen) atoms. The second-order valence-electron chi connectivity index (χ2n) is 3.79. The van der Waals surface area contributed by atoms with Gasteiger partial charge in [0.25, 0.3) is 0 Å². The smallest absolute Gasteiger partial charge is 0.182 e. The minimum absolute atomic E-state index is 0.239. The predicted octanol–water partition coefficient (Wildman–Crippen LogP) is 4.47. The number of hydrogen-bond donors (Lipinski definition) is 0. The van der Waals surface area contributed by atoms with Crippen LogP contribution in [0.1, 0.15) is 30.4 Å². The van der Waals surface area contributed by atoms with Gasteiger partial charge in [-0.05, 0) is 34.0 Å². The second-order valence-corrected chi connectivity index (χ2v) is 7.62. The molecule has 0 saturated heterocycles. The number of hydrogen-bond acceptors (Lipinski definition) is 3. The summed E-state index contributed by atoms with van der Waals surface area (Å²) in [7, 11) is 0. The van der Waals surface area contributed by atoms with Crippen molar-refractivity contribution in [3.8, 4) is 0 Å². The monoisotopic (exact) mass is 306 g/mol. The van der Waals surface area contributed by atoms with Crippen molar-refractivity contribution in [2.24, 2.45) is 5.92 Å². The Morgan fingerprint density at radius 3 is 2.60 bits per heavy atom. The molecule has 84 valence electrons. The molecule has 1 nitrogen and oxygen atoms in total. The second kappa shape index (κ2) is 6.06. The van der Waals surface area contributed by atoms with Crippen LogP contribution in [0.25, 0.3) is 0 Å². The van der Waals surface area contributed by atoms with Gasteiger partial charge < -0.3 is 0 Å². The summed E-state index contributed by atoms with van der Waals surface area (Å²) >= 11 is 6.61. The first-order chi connectivity index (χ1) is 7.00. The highest BCUT2D eigenvalue weighted by Crippen LogP contribution is 2.25. The fourth-order valence-electron chi connectivity index (χ4n) is 0.935. The Labute approximate surface area is 108 Å². The van der Waals surface area contributed by atoms with E-state index in [1.807, 2.05) is 12.1 Å². The third kappa shape index (κ3) is 4.29. The van der Waals surface area contributed by atoms with Gasteiger partial charge in [-0.15, -0.1) is 11.3 Å². The minimum atomic E-state index is 0.239. The quantitative estimate of drug-likeness (QED) is 0.747. The van der Waals surface area contributed by atoms with Crippen LogP contribution in [0.3, 0.4) is 0 Å². The first-order valence-corrected chi connectivity index (χ1v) is 7.56. The van der Waals surface area contributed by atoms with Crippen molar-refractivity contribution in [1.29, 1.82) is 0 Å². The fraction of sp³-hybridized carbons (Fsp3) is 0.545. The highest BCUT2D eigenvalue weighted by Gasteiger charge is 2.13. The molecule has 1 heterocycles. The zero-order chi connectivity index (χ0) is 11.4. The van der Waals surface area contributed by atoms with Gasteiger partial charge in [0, 0.05) is 5.25 Å². The third-order valence-electron chi connectivity index (χ3n) is 2.26. The van der Waals surface area contributed by atoms with Gasteiger partial charge in [-0.1, -0.05) is 20.8 Å². The van der Waals surface area contributed by atoms with E-state index in [0.29, 0.717) is 16.9 Å². The van der Waals surface area contributed by atoms with Gasteiger partial charge in [-0.3, -0.25) is 4.79 Å². The molecule has 1 aromatic heterocycles. The predicted molar refractivity (Wildman–Crippen MR) is 73.1 cm³/mol. The Hall–Kier alpha value is 0.200. The van der Waals surface area contributed by atoms with Crippen LogP contribution < -0.4 is 0 Å². The van der Waals surface area contributed by atoms with E-state index < -0.39 is 0 Å². The lowest BCUT2D eigenvalue weighted by molar-refractivity contribution is 0.102. The molecule has 0 fully saturated rings. The summed E-state index contributed by atoms with van der Waals surface area (Å²) in [5, 5.41) is 0.539. The number of halogens is 1. The van der Waals surface area contributed by atoms with E-state index in [1.165, 1.54) is 11.3 Å². The number of thioether (sulfide) groups is 1. The molecule has 4 heteroatoms. The third-order valence-corrected chi connectivity index (χ3v) is 5.43. The number of carbonyl (C=O) groups excluding carboxylic acids is 1. The molecular weight excluding hydrogens is 292 g/mol. The number of carbonyl (C=O) groups is 1. The summed E-state index contributed by atoms with van der Waals surface area (Å²) in [6.45, 7) is 6.54. The summed E-state index contributed by atoms with van der Waals surface area (Å²) in [5.74, 6) is 1.45. The van der Waals surface area contributed by atoms with Crippen LogP contribution in [0.15, 0.2) is 15.9 Å². The van der Waals surface area contributed by atoms with Gasteiger partial charge in [0.2, 0.25) is 0 Å². The topological polar surface area (TPSA) is 17.1 Å². The van der Waals surface area contributed by atoms with Gasteiger partial charge in [0.15, 0.2) is 5.78 Å². The normalized spacial score (nSPS) is 13.1. The molecule has 0 bridgehead atoms. The van der Waals surface area contributed by atoms with Gasteiger partial charge in [-0.2, -0.15) is 11.8 Å². The molecule has 0 aliphatic carbocycles. The van der Waals surface area contributed by atoms with Crippen molar-refractivity contribution in [3.63, 3.8) is 0 Å². The van der Waals surface area contributed by atoms with E-state index >= 15 is 0 Å². The Morgan fingerprint density at radius 2 is 2.13 bits per heavy atom. The van der Waals surface area contributed by atoms with Crippen molar-refractivity contribution >= 4 is 44.8 Å². The van der Waals surface area contributed by atoms with Gasteiger partial charge in [0.05, 0.1) is 14.4 Å². The Morgan fingerprint density at radius 1 is 1.47 bits per heavy atom. The van der Waals surface area contributed by atoms with E-state index in [-0.39, 0.29) is 5.78 Å². The lowest BCUT2D eigenvalue weighted by atomic mass is 10.2. The molecule has 0 N–H and O–H groups in total. The Bertz CT molecular complexity index is 333. The average Bonchev–Trinajstić information content (AvgIpc) is 2.60. The van der Waals surface area contributed by atoms with Crippen LogP contribution in [0, 0.1) is 5.92 Å². The Balaban J connectivity index is 2.43. The van der Waals surface area contributed by atoms with E-state index in [9.17, 15) is 4.79 Å². The molecule has 1 unspecified atom stereocenters. The highest BCUT2D eigenvalue weighted by atomic mass is 79.9. The molecule has 0 radical (unpaired) electrons. The molecule has 0 aliphatic heterocycles. The van der Waals surface area contributed by atoms with Crippen LogP contribution >= 0.6 is 39.0 Å². The Kier molecular flexibility index (Phi) is 5.36. The van der Waals surface area contributed by atoms with E-state index in [2.05, 4.69) is 36.7 Å². The highest BCUT2D eigenvalue weighted by molar-refractivity contribution is 9.11. The number of Topliss-reactive ketones (excluding diaryl/α,β-unsaturated/α-hetero) is 1. The van der Waals surface area contributed by atoms with E-state index in [0.717, 1.165) is 8.66 Å². The summed E-state index contributed by atoms with van der Waals surface area (Å²) in [6, 6.07) is 3.81. The molecule has 0 aliphatic rings. The molecule has 1 aromatic rings. The lowest BCUT2D eigenvalue weighted by Gasteiger charge is -2.13. The summed E-state index contributed by atoms with van der Waals surface area (Å²) in [6.07, 6.45) is 0. The number of rotatable bonds is 5. The standard InChI is InChI=1S/C11H15BrOS2/c1-7(2)8(3)14-6-9(13)10-4-5-11(12)15-10/h4-5,7-8H,6H2,1-3H3. The summed E-state index contributed by atoms with van der Waals surface area (Å²) < 4.78 is 1.02. The summed E-state index contributed by atoms with van der Waals surface area (Å²) in [5.41, 5.74) is 0. The molecule has 1 rings (SSSR count). The lowest BCUT2D eigenvalue weighted by Crippen LogP contribution is -2.10. The van der Waals surface area contributed by atoms with Gasteiger partial charge >= 0.3 is 0 Å². The van der Waals surface area contributed by atoms with Gasteiger partial charge in [-0.25, -0.2) is 0 Å². The van der Waals surface area contributed by atoms with E-state index in [1.54, 1.807) is 11.8 Å². The summed E-state index contributed by atoms with van der Waals surface area (Å²) in [4.78, 5) is 12.6. The number of thiophene rings is 1. The van der Waals surface area contributed by atoms with Crippen LogP contribution in [-0.2, 0) is 0 Å². The molecule has 0 aromatic carbocycles. The maximum atomic E-state index is 11.8. The van der Waals surface area contributed by atoms with Crippen molar-refractivity contribution in [3.05, 3.63) is 20.8 Å². The van der Waals surface area contributed by atoms with Crippen molar-refractivity contribution in [2.75, 3.05) is 5.75 Å². The molecular formula is C11H15BrOS2. The molecule has 0 saturated carbocycles. The van der Waals surface area contributed by atoms with Crippen LogP contribution in [0.5, 0.6) is 0 Å². The van der Waals surface area contributed by atoms with Crippen molar-refractivity contribution in [2.45, 2.75) is 26.0 Å². The maximum Gasteiger partial charge on any atom is 0.182 e. The first-order valence-electron chi connectivity index (χ1n) is 4.91. The SMILES string of the molecule is CC(C)C(C)SCC(=O)c1ccc(Br)s1. The van der Waals surface area contributed by atoms with Crippen molar-refractivity contribution in [1.82, 2.24) is 0 Å². The minimum Gasteiger partial charge on any atom is -0.292 e. The molecule has 1 atom stereocenters. The maximum absolute atomic E-state index is 11.8. The largest absolute Gasteiger partial charge is 0.292 e. The van der Waals surface area contributed by atoms with Crippen LogP contribution in [0.4, 0.5) is 0 Å². The van der Waals surface area contributed by atoms with Crippen LogP contribution in [-0.4, -0.2) is 16.8 Å². The average molecular weight is 307 g/mol. The fourth-order valence-corrected chi connectivity index (χ4v) is 3.30. The first kappa shape index (κ1) is 13.3. The van der Waals surface area contributed by atoms with Gasteiger partial charge in [0.1, 0.15) is 0 Å². The zero-order valence-electron chi connectivity index (χ0n) is 9.12. The van der Waals surface area contributed by atoms with Crippen molar-refractivity contribution < 1.29 is 4.79 Å². The van der Waals surface area contributed by atoms with Crippen LogP contribution in [0.2, 0.25) is 0 Å². The molecule has 0 spiro atoms. The zero-order valence-corrected chi connectivity index (χ0v) is 12.3. The molecule has 0 amide bonds. The number of ketones is 1.